The van der Waals surface area contributed by atoms with Crippen molar-refractivity contribution in [2.24, 2.45) is 0 Å². The van der Waals surface area contributed by atoms with E-state index in [0.717, 1.165) is 61.0 Å². The van der Waals surface area contributed by atoms with E-state index < -0.39 is 0 Å². The number of methoxy groups -OCH3 is 1. The topological polar surface area (TPSA) is 58.5 Å². The number of aromatic hydroxyl groups is 1. The highest BCUT2D eigenvalue weighted by Gasteiger charge is 2.22. The molecule has 5 nitrogen and oxygen atoms in total. The third-order valence-corrected chi connectivity index (χ3v) is 5.65. The maximum Gasteiger partial charge on any atom is 0.131 e. The quantitative estimate of drug-likeness (QED) is 0.676. The number of phenols is 1. The summed E-state index contributed by atoms with van der Waals surface area (Å²) < 4.78 is 5.37. The second-order valence-corrected chi connectivity index (χ2v) is 8.18. The lowest BCUT2D eigenvalue weighted by molar-refractivity contribution is 0.278. The molecule has 3 aromatic rings. The number of nitrogens with zero attached hydrogens (tertiary/aromatic N) is 3. The fourth-order valence-corrected chi connectivity index (χ4v) is 3.97. The Labute approximate surface area is 178 Å². The van der Waals surface area contributed by atoms with Crippen molar-refractivity contribution in [1.29, 1.82) is 0 Å². The molecular formula is C25H29N3O2. The summed E-state index contributed by atoms with van der Waals surface area (Å²) in [5, 5.41) is 9.69. The van der Waals surface area contributed by atoms with E-state index >= 15 is 0 Å². The van der Waals surface area contributed by atoms with Crippen molar-refractivity contribution in [2.45, 2.75) is 39.2 Å². The molecule has 5 heteroatoms. The first-order valence-corrected chi connectivity index (χ1v) is 10.6. The van der Waals surface area contributed by atoms with Gasteiger partial charge in [-0.15, -0.1) is 0 Å². The van der Waals surface area contributed by atoms with Gasteiger partial charge in [-0.2, -0.15) is 0 Å². The van der Waals surface area contributed by atoms with Crippen molar-refractivity contribution in [2.75, 3.05) is 20.2 Å². The van der Waals surface area contributed by atoms with Crippen LogP contribution in [0.1, 0.15) is 42.4 Å². The number of aromatic nitrogens is 2. The lowest BCUT2D eigenvalue weighted by Gasteiger charge is -2.20. The van der Waals surface area contributed by atoms with Crippen molar-refractivity contribution in [3.05, 3.63) is 71.2 Å². The summed E-state index contributed by atoms with van der Waals surface area (Å²) in [6, 6.07) is 15.6. The van der Waals surface area contributed by atoms with Crippen LogP contribution < -0.4 is 4.74 Å². The van der Waals surface area contributed by atoms with Crippen LogP contribution in [0, 0.1) is 0 Å². The highest BCUT2D eigenvalue weighted by molar-refractivity contribution is 5.65. The van der Waals surface area contributed by atoms with Gasteiger partial charge in [-0.25, -0.2) is 9.97 Å². The van der Waals surface area contributed by atoms with Crippen LogP contribution in [0.25, 0.3) is 11.3 Å². The number of hydrogen-bond acceptors (Lipinski definition) is 5. The number of hydrogen-bond donors (Lipinski definition) is 1. The van der Waals surface area contributed by atoms with Gasteiger partial charge in [0, 0.05) is 48.8 Å². The molecule has 0 aliphatic carbocycles. The Balaban J connectivity index is 1.63. The Bertz CT molecular complexity index is 1020. The summed E-state index contributed by atoms with van der Waals surface area (Å²) in [6.45, 7) is 7.08. The summed E-state index contributed by atoms with van der Waals surface area (Å²) in [5.74, 6) is 2.32. The van der Waals surface area contributed by atoms with Crippen LogP contribution in [-0.4, -0.2) is 40.2 Å². The van der Waals surface area contributed by atoms with Gasteiger partial charge in [-0.05, 0) is 48.4 Å². The molecule has 30 heavy (non-hydrogen) atoms. The summed E-state index contributed by atoms with van der Waals surface area (Å²) in [6.07, 6.45) is 1.82. The van der Waals surface area contributed by atoms with E-state index in [1.54, 1.807) is 19.2 Å². The molecule has 0 spiro atoms. The predicted molar refractivity (Wildman–Crippen MR) is 119 cm³/mol. The zero-order valence-corrected chi connectivity index (χ0v) is 17.9. The van der Waals surface area contributed by atoms with E-state index in [0.29, 0.717) is 0 Å². The summed E-state index contributed by atoms with van der Waals surface area (Å²) >= 11 is 0. The fraction of sp³-hybridized carbons (Fsp3) is 0.360. The van der Waals surface area contributed by atoms with Gasteiger partial charge in [-0.1, -0.05) is 26.0 Å². The van der Waals surface area contributed by atoms with Crippen molar-refractivity contribution >= 4 is 0 Å². The average molecular weight is 404 g/mol. The Morgan fingerprint density at radius 1 is 1.03 bits per heavy atom. The molecule has 0 unspecified atom stereocenters. The van der Waals surface area contributed by atoms with Crippen molar-refractivity contribution in [3.63, 3.8) is 0 Å². The van der Waals surface area contributed by atoms with E-state index in [9.17, 15) is 5.11 Å². The third-order valence-electron chi connectivity index (χ3n) is 5.65. The first kappa shape index (κ1) is 20.4. The molecule has 0 fully saturated rings. The van der Waals surface area contributed by atoms with Gasteiger partial charge < -0.3 is 9.84 Å². The first-order chi connectivity index (χ1) is 14.5. The maximum absolute atomic E-state index is 9.69. The van der Waals surface area contributed by atoms with Crippen LogP contribution in [0.4, 0.5) is 0 Å². The van der Waals surface area contributed by atoms with Crippen LogP contribution in [0.2, 0.25) is 0 Å². The van der Waals surface area contributed by atoms with Gasteiger partial charge >= 0.3 is 0 Å². The molecule has 2 aromatic carbocycles. The molecule has 2 heterocycles. The molecular weight excluding hydrogens is 374 g/mol. The molecule has 0 bridgehead atoms. The highest BCUT2D eigenvalue weighted by Crippen LogP contribution is 2.29. The number of rotatable bonds is 5. The molecule has 156 valence electrons. The van der Waals surface area contributed by atoms with Crippen LogP contribution >= 0.6 is 0 Å². The summed E-state index contributed by atoms with van der Waals surface area (Å²) in [4.78, 5) is 12.3. The van der Waals surface area contributed by atoms with Gasteiger partial charge in [0.25, 0.3) is 0 Å². The Morgan fingerprint density at radius 2 is 1.80 bits per heavy atom. The Kier molecular flexibility index (Phi) is 6.00. The molecule has 0 atom stereocenters. The van der Waals surface area contributed by atoms with E-state index in [2.05, 4.69) is 30.9 Å². The van der Waals surface area contributed by atoms with E-state index in [1.165, 1.54) is 11.1 Å². The minimum atomic E-state index is 0.266. The van der Waals surface area contributed by atoms with E-state index in [-0.39, 0.29) is 11.7 Å². The molecule has 1 aliphatic heterocycles. The molecule has 0 saturated heterocycles. The first-order valence-electron chi connectivity index (χ1n) is 10.6. The van der Waals surface area contributed by atoms with Crippen molar-refractivity contribution in [3.8, 4) is 22.8 Å². The molecule has 1 N–H and O–H groups in total. The normalized spacial score (nSPS) is 14.4. The molecule has 4 rings (SSSR count). The minimum Gasteiger partial charge on any atom is -0.508 e. The summed E-state index contributed by atoms with van der Waals surface area (Å²) in [5.41, 5.74) is 5.69. The van der Waals surface area contributed by atoms with Gasteiger partial charge in [0.15, 0.2) is 0 Å². The number of ether oxygens (including phenoxy) is 1. The van der Waals surface area contributed by atoms with Crippen LogP contribution in [0.5, 0.6) is 11.5 Å². The lowest BCUT2D eigenvalue weighted by Crippen LogP contribution is -2.26. The standard InChI is InChI=1S/C25H29N3O2/c1-17(2)25-26-23-12-14-28(16-18-5-4-6-21(15-18)30-3)13-11-22(23)24(27-25)19-7-9-20(29)10-8-19/h4-10,15,17,29H,11-14,16H2,1-3H3. The predicted octanol–water partition coefficient (Wildman–Crippen LogP) is 4.58. The molecule has 0 amide bonds. The fourth-order valence-electron chi connectivity index (χ4n) is 3.97. The summed E-state index contributed by atoms with van der Waals surface area (Å²) in [7, 11) is 1.71. The Morgan fingerprint density at radius 3 is 2.53 bits per heavy atom. The second-order valence-electron chi connectivity index (χ2n) is 8.18. The van der Waals surface area contributed by atoms with Gasteiger partial charge in [0.2, 0.25) is 0 Å². The van der Waals surface area contributed by atoms with Crippen molar-refractivity contribution < 1.29 is 9.84 Å². The van der Waals surface area contributed by atoms with E-state index in [1.807, 2.05) is 24.3 Å². The molecule has 1 aliphatic rings. The number of benzene rings is 2. The Hall–Kier alpha value is -2.92. The van der Waals surface area contributed by atoms with Crippen LogP contribution in [0.15, 0.2) is 48.5 Å². The molecule has 0 radical (unpaired) electrons. The van der Waals surface area contributed by atoms with Crippen molar-refractivity contribution in [1.82, 2.24) is 14.9 Å². The SMILES string of the molecule is COc1cccc(CN2CCc3nc(C(C)C)nc(-c4ccc(O)cc4)c3CC2)c1. The number of fused-ring (bicyclic) bond motifs is 1. The highest BCUT2D eigenvalue weighted by atomic mass is 16.5. The number of phenolic OH excluding ortho intramolecular Hbond substituents is 1. The van der Waals surface area contributed by atoms with Gasteiger partial charge in [0.05, 0.1) is 12.8 Å². The molecule has 1 aromatic heterocycles. The van der Waals surface area contributed by atoms with Gasteiger partial charge in [0.1, 0.15) is 17.3 Å². The largest absolute Gasteiger partial charge is 0.508 e. The lowest BCUT2D eigenvalue weighted by atomic mass is 10.00. The van der Waals surface area contributed by atoms with Crippen LogP contribution in [-0.2, 0) is 19.4 Å². The average Bonchev–Trinajstić information content (AvgIpc) is 2.96. The maximum atomic E-state index is 9.69. The molecule has 0 saturated carbocycles. The zero-order valence-electron chi connectivity index (χ0n) is 17.9. The minimum absolute atomic E-state index is 0.266. The second kappa shape index (κ2) is 8.84. The van der Waals surface area contributed by atoms with Gasteiger partial charge in [-0.3, -0.25) is 4.90 Å². The zero-order chi connectivity index (χ0) is 21.1. The smallest absolute Gasteiger partial charge is 0.131 e. The van der Waals surface area contributed by atoms with Crippen LogP contribution in [0.3, 0.4) is 0 Å². The monoisotopic (exact) mass is 403 g/mol. The van der Waals surface area contributed by atoms with E-state index in [4.69, 9.17) is 14.7 Å². The third kappa shape index (κ3) is 4.46.